The Morgan fingerprint density at radius 3 is 2.31 bits per heavy atom. The molecule has 7 nitrogen and oxygen atoms in total. The molecule has 3 rings (SSSR count). The highest BCUT2D eigenvalue weighted by Gasteiger charge is 2.30. The number of halogens is 1. The van der Waals surface area contributed by atoms with E-state index in [1.54, 1.807) is 36.4 Å². The van der Waals surface area contributed by atoms with E-state index in [0.29, 0.717) is 11.1 Å². The molecule has 1 aliphatic rings. The molecule has 0 bridgehead atoms. The van der Waals surface area contributed by atoms with Gasteiger partial charge >= 0.3 is 12.0 Å². The summed E-state index contributed by atoms with van der Waals surface area (Å²) in [4.78, 5) is 27.6. The summed E-state index contributed by atoms with van der Waals surface area (Å²) in [5, 5.41) is 0. The van der Waals surface area contributed by atoms with Crippen LogP contribution < -0.4 is 4.90 Å². The van der Waals surface area contributed by atoms with Crippen molar-refractivity contribution < 1.29 is 27.8 Å². The van der Waals surface area contributed by atoms with E-state index in [4.69, 9.17) is 0 Å². The Hall–Kier alpha value is -2.62. The number of amides is 2. The Balaban J connectivity index is 1.85. The van der Waals surface area contributed by atoms with Crippen LogP contribution in [0.15, 0.2) is 48.5 Å². The number of benzene rings is 2. The first-order valence-electron chi connectivity index (χ1n) is 9.02. The summed E-state index contributed by atoms with van der Waals surface area (Å²) >= 11 is 0. The molecule has 2 aromatic carbocycles. The van der Waals surface area contributed by atoms with Gasteiger partial charge in [-0.1, -0.05) is 24.3 Å². The number of carbonyl (C=O) groups excluding carboxylic acids is 2. The van der Waals surface area contributed by atoms with Gasteiger partial charge in [0.1, 0.15) is 5.82 Å². The average molecular weight is 422 g/mol. The average Bonchev–Trinajstić information content (AvgIpc) is 2.72. The van der Waals surface area contributed by atoms with Crippen molar-refractivity contribution in [3.63, 3.8) is 0 Å². The van der Waals surface area contributed by atoms with E-state index in [0.717, 1.165) is 0 Å². The molecule has 0 atom stereocenters. The van der Waals surface area contributed by atoms with Gasteiger partial charge in [0.05, 0.1) is 36.4 Å². The normalized spacial score (nSPS) is 16.8. The van der Waals surface area contributed by atoms with Gasteiger partial charge in [0.2, 0.25) is 0 Å². The summed E-state index contributed by atoms with van der Waals surface area (Å²) in [6.07, 6.45) is 0. The van der Waals surface area contributed by atoms with E-state index in [-0.39, 0.29) is 36.8 Å². The molecular weight excluding hydrogens is 399 g/mol. The maximum atomic E-state index is 14.5. The zero-order chi connectivity index (χ0) is 21.0. The van der Waals surface area contributed by atoms with Crippen LogP contribution in [-0.2, 0) is 11.3 Å². The number of anilines is 1. The fourth-order valence-corrected chi connectivity index (χ4v) is 4.29. The molecule has 2 amide bonds. The maximum Gasteiger partial charge on any atom is 0.337 e. The van der Waals surface area contributed by atoms with Crippen LogP contribution in [-0.4, -0.2) is 57.7 Å². The molecule has 0 spiro atoms. The summed E-state index contributed by atoms with van der Waals surface area (Å²) in [6.45, 7) is 0.467. The lowest BCUT2D eigenvalue weighted by Crippen LogP contribution is -2.49. The minimum absolute atomic E-state index is 0.0912. The van der Waals surface area contributed by atoms with Crippen molar-refractivity contribution >= 4 is 28.3 Å². The molecule has 0 aromatic heterocycles. The van der Waals surface area contributed by atoms with Gasteiger partial charge in [0.25, 0.3) is 0 Å². The van der Waals surface area contributed by atoms with Gasteiger partial charge in [-0.05, 0) is 29.8 Å². The summed E-state index contributed by atoms with van der Waals surface area (Å²) in [7, 11) is -1.36. The third-order valence-corrected chi connectivity index (χ3v) is 6.41. The van der Waals surface area contributed by atoms with Gasteiger partial charge in [0.15, 0.2) is 0 Å². The Bertz CT molecular complexity index is 881. The van der Waals surface area contributed by atoms with Crippen molar-refractivity contribution in [2.45, 2.75) is 6.54 Å². The maximum absolute atomic E-state index is 14.5. The standard InChI is InChI=1S/C20H23FN2O5S/c1-28-19(24)16-8-6-15(7-9-16)14-23(18-5-3-2-4-17(18)21)20(25)22-10-12-29(26,27)13-11-22/h2-9,26-27H,10-14H2,1H3. The summed E-state index contributed by atoms with van der Waals surface area (Å²) in [5.41, 5.74) is 1.21. The van der Waals surface area contributed by atoms with Crippen LogP contribution in [0.25, 0.3) is 0 Å². The Morgan fingerprint density at radius 2 is 1.72 bits per heavy atom. The number of rotatable bonds is 4. The highest BCUT2D eigenvalue weighted by molar-refractivity contribution is 8.24. The molecule has 0 unspecified atom stereocenters. The van der Waals surface area contributed by atoms with Crippen molar-refractivity contribution in [2.75, 3.05) is 36.6 Å². The number of methoxy groups -OCH3 is 1. The van der Waals surface area contributed by atoms with Crippen LogP contribution in [0.4, 0.5) is 14.9 Å². The fourth-order valence-electron chi connectivity index (χ4n) is 3.06. The number of esters is 1. The second kappa shape index (κ2) is 8.81. The lowest BCUT2D eigenvalue weighted by atomic mass is 10.1. The molecule has 1 saturated heterocycles. The monoisotopic (exact) mass is 422 g/mol. The van der Waals surface area contributed by atoms with Gasteiger partial charge in [0, 0.05) is 13.1 Å². The minimum atomic E-state index is -2.65. The van der Waals surface area contributed by atoms with E-state index in [2.05, 4.69) is 4.74 Å². The summed E-state index contributed by atoms with van der Waals surface area (Å²) in [6, 6.07) is 12.1. The van der Waals surface area contributed by atoms with Crippen molar-refractivity contribution in [2.24, 2.45) is 0 Å². The van der Waals surface area contributed by atoms with Gasteiger partial charge in [-0.15, -0.1) is 0 Å². The second-order valence-corrected chi connectivity index (χ2v) is 9.13. The predicted octanol–water partition coefficient (Wildman–Crippen LogP) is 3.81. The minimum Gasteiger partial charge on any atom is -0.465 e. The Kier molecular flexibility index (Phi) is 6.41. The van der Waals surface area contributed by atoms with Crippen molar-refractivity contribution in [3.05, 3.63) is 65.5 Å². The fraction of sp³-hybridized carbons (Fsp3) is 0.300. The van der Waals surface area contributed by atoms with Crippen LogP contribution in [0, 0.1) is 5.82 Å². The molecule has 29 heavy (non-hydrogen) atoms. The number of ether oxygens (including phenoxy) is 1. The number of carbonyl (C=O) groups is 2. The smallest absolute Gasteiger partial charge is 0.337 e. The molecule has 1 aliphatic heterocycles. The molecule has 0 aliphatic carbocycles. The molecule has 1 fully saturated rings. The van der Waals surface area contributed by atoms with E-state index in [9.17, 15) is 23.1 Å². The Morgan fingerprint density at radius 1 is 1.10 bits per heavy atom. The molecule has 2 aromatic rings. The quantitative estimate of drug-likeness (QED) is 0.732. The highest BCUT2D eigenvalue weighted by atomic mass is 32.3. The number of hydrogen-bond donors (Lipinski definition) is 2. The molecule has 9 heteroatoms. The zero-order valence-corrected chi connectivity index (χ0v) is 16.8. The second-order valence-electron chi connectivity index (χ2n) is 6.71. The highest BCUT2D eigenvalue weighted by Crippen LogP contribution is 2.40. The molecule has 1 heterocycles. The largest absolute Gasteiger partial charge is 0.465 e. The van der Waals surface area contributed by atoms with E-state index in [1.807, 2.05) is 0 Å². The first kappa shape index (κ1) is 21.1. The number of hydrogen-bond acceptors (Lipinski definition) is 5. The number of urea groups is 1. The van der Waals surface area contributed by atoms with Crippen molar-refractivity contribution in [1.82, 2.24) is 4.90 Å². The molecule has 0 radical (unpaired) electrons. The van der Waals surface area contributed by atoms with Crippen molar-refractivity contribution in [3.8, 4) is 0 Å². The first-order chi connectivity index (χ1) is 13.8. The number of nitrogens with zero attached hydrogens (tertiary/aromatic N) is 2. The van der Waals surface area contributed by atoms with E-state index < -0.39 is 28.4 Å². The van der Waals surface area contributed by atoms with Crippen LogP contribution in [0.3, 0.4) is 0 Å². The third kappa shape index (κ3) is 5.06. The van der Waals surface area contributed by atoms with Crippen molar-refractivity contribution in [1.29, 1.82) is 0 Å². The lowest BCUT2D eigenvalue weighted by molar-refractivity contribution is 0.0600. The van der Waals surface area contributed by atoms with Gasteiger partial charge in [-0.25, -0.2) is 14.0 Å². The topological polar surface area (TPSA) is 90.3 Å². The number of para-hydroxylation sites is 1. The lowest BCUT2D eigenvalue weighted by Gasteiger charge is -2.42. The van der Waals surface area contributed by atoms with Gasteiger partial charge in [-0.3, -0.25) is 14.0 Å². The molecular formula is C20H23FN2O5S. The van der Waals surface area contributed by atoms with Crippen LogP contribution in [0.2, 0.25) is 0 Å². The summed E-state index contributed by atoms with van der Waals surface area (Å²) < 4.78 is 38.7. The Labute approximate surface area is 170 Å². The van der Waals surface area contributed by atoms with Gasteiger partial charge in [-0.2, -0.15) is 10.6 Å². The predicted molar refractivity (Wildman–Crippen MR) is 110 cm³/mol. The van der Waals surface area contributed by atoms with E-state index in [1.165, 1.54) is 29.0 Å². The SMILES string of the molecule is COC(=O)c1ccc(CN(C(=O)N2CCS(O)(O)CC2)c2ccccc2F)cc1. The zero-order valence-electron chi connectivity index (χ0n) is 16.0. The molecule has 156 valence electrons. The summed E-state index contributed by atoms with van der Waals surface area (Å²) in [5.74, 6) is -0.783. The molecule has 0 saturated carbocycles. The first-order valence-corrected chi connectivity index (χ1v) is 10.9. The molecule has 2 N–H and O–H groups in total. The van der Waals surface area contributed by atoms with Crippen LogP contribution in [0.1, 0.15) is 15.9 Å². The van der Waals surface area contributed by atoms with Crippen LogP contribution >= 0.6 is 10.6 Å². The third-order valence-electron chi connectivity index (χ3n) is 4.74. The van der Waals surface area contributed by atoms with Gasteiger partial charge < -0.3 is 9.64 Å². The van der Waals surface area contributed by atoms with Crippen LogP contribution in [0.5, 0.6) is 0 Å². The van der Waals surface area contributed by atoms with E-state index >= 15 is 0 Å².